The molecule has 1 amide bonds. The Labute approximate surface area is 214 Å². The average Bonchev–Trinajstić information content (AvgIpc) is 3.09. The van der Waals surface area contributed by atoms with E-state index in [1.165, 1.54) is 0 Å². The first-order chi connectivity index (χ1) is 17.0. The first kappa shape index (κ1) is 26.4. The molecular formula is C27H33ClF2N4O2. The van der Waals surface area contributed by atoms with Gasteiger partial charge in [-0.2, -0.15) is 0 Å². The molecule has 1 aliphatic heterocycles. The average molecular weight is 519 g/mol. The fourth-order valence-electron chi connectivity index (χ4n) is 5.50. The molecule has 9 heteroatoms. The number of amides is 1. The van der Waals surface area contributed by atoms with E-state index < -0.39 is 5.92 Å². The zero-order valence-corrected chi connectivity index (χ0v) is 21.9. The number of nitrogens with zero attached hydrogens (tertiary/aromatic N) is 2. The van der Waals surface area contributed by atoms with E-state index in [0.717, 1.165) is 36.4 Å². The first-order valence-electron chi connectivity index (χ1n) is 12.3. The number of alkyl halides is 2. The van der Waals surface area contributed by atoms with Crippen molar-refractivity contribution in [3.63, 3.8) is 0 Å². The second-order valence-corrected chi connectivity index (χ2v) is 10.5. The van der Waals surface area contributed by atoms with E-state index in [1.54, 1.807) is 13.0 Å². The van der Waals surface area contributed by atoms with Crippen molar-refractivity contribution in [2.24, 2.45) is 5.92 Å². The van der Waals surface area contributed by atoms with Gasteiger partial charge in [0, 0.05) is 35.3 Å². The number of aromatic nitrogens is 2. The SMILES string of the molecule is Cc1cc(Cl)c(CNC(=O)c2c(C)n([C@H](C)C3CCN(CC(C)(F)F)CC3)c3ccccc23)c(=O)[nH]1. The zero-order chi connectivity index (χ0) is 26.2. The van der Waals surface area contributed by atoms with Crippen molar-refractivity contribution in [1.82, 2.24) is 19.8 Å². The summed E-state index contributed by atoms with van der Waals surface area (Å²) in [5.41, 5.74) is 3.02. The zero-order valence-electron chi connectivity index (χ0n) is 21.1. The normalized spacial score (nSPS) is 16.4. The van der Waals surface area contributed by atoms with Gasteiger partial charge in [-0.25, -0.2) is 8.78 Å². The van der Waals surface area contributed by atoms with Gasteiger partial charge in [-0.1, -0.05) is 29.8 Å². The Morgan fingerprint density at radius 1 is 1.25 bits per heavy atom. The van der Waals surface area contributed by atoms with Crippen molar-refractivity contribution in [2.75, 3.05) is 19.6 Å². The van der Waals surface area contributed by atoms with Crippen LogP contribution in [0.25, 0.3) is 10.9 Å². The molecule has 194 valence electrons. The van der Waals surface area contributed by atoms with E-state index in [4.69, 9.17) is 11.6 Å². The van der Waals surface area contributed by atoms with Crippen LogP contribution in [0.5, 0.6) is 0 Å². The highest BCUT2D eigenvalue weighted by Gasteiger charge is 2.32. The minimum atomic E-state index is -2.69. The quantitative estimate of drug-likeness (QED) is 0.436. The van der Waals surface area contributed by atoms with Crippen LogP contribution in [0.2, 0.25) is 5.02 Å². The van der Waals surface area contributed by atoms with Crippen LogP contribution in [-0.2, 0) is 6.54 Å². The molecule has 36 heavy (non-hydrogen) atoms. The van der Waals surface area contributed by atoms with Gasteiger partial charge in [0.25, 0.3) is 17.4 Å². The number of para-hydroxylation sites is 1. The number of carbonyl (C=O) groups is 1. The van der Waals surface area contributed by atoms with Gasteiger partial charge in [0.2, 0.25) is 0 Å². The lowest BCUT2D eigenvalue weighted by Gasteiger charge is -2.37. The number of pyridine rings is 1. The predicted molar refractivity (Wildman–Crippen MR) is 139 cm³/mol. The van der Waals surface area contributed by atoms with Gasteiger partial charge in [-0.15, -0.1) is 0 Å². The van der Waals surface area contributed by atoms with Crippen LogP contribution < -0.4 is 10.9 Å². The summed E-state index contributed by atoms with van der Waals surface area (Å²) in [7, 11) is 0. The molecule has 0 spiro atoms. The maximum atomic E-state index is 13.5. The minimum absolute atomic E-state index is 0.0162. The molecule has 0 saturated carbocycles. The van der Waals surface area contributed by atoms with Crippen LogP contribution in [0.15, 0.2) is 35.1 Å². The monoisotopic (exact) mass is 518 g/mol. The molecule has 4 rings (SSSR count). The van der Waals surface area contributed by atoms with Crippen molar-refractivity contribution in [3.8, 4) is 0 Å². The highest BCUT2D eigenvalue weighted by molar-refractivity contribution is 6.31. The van der Waals surface area contributed by atoms with Crippen molar-refractivity contribution in [2.45, 2.75) is 59.0 Å². The summed E-state index contributed by atoms with van der Waals surface area (Å²) in [5, 5.41) is 4.03. The third kappa shape index (κ3) is 5.49. The van der Waals surface area contributed by atoms with Crippen molar-refractivity contribution < 1.29 is 13.6 Å². The number of likely N-dealkylation sites (tertiary alicyclic amines) is 1. The number of H-pyrrole nitrogens is 1. The predicted octanol–water partition coefficient (Wildman–Crippen LogP) is 5.46. The molecule has 2 aromatic heterocycles. The number of benzene rings is 1. The minimum Gasteiger partial charge on any atom is -0.348 e. The second-order valence-electron chi connectivity index (χ2n) is 10.1. The molecule has 0 unspecified atom stereocenters. The molecule has 6 nitrogen and oxygen atoms in total. The number of halogens is 3. The molecule has 0 radical (unpaired) electrons. The van der Waals surface area contributed by atoms with Crippen LogP contribution in [0.4, 0.5) is 8.78 Å². The van der Waals surface area contributed by atoms with Crippen LogP contribution >= 0.6 is 11.6 Å². The number of rotatable bonds is 7. The van der Waals surface area contributed by atoms with E-state index in [2.05, 4.69) is 21.8 Å². The molecule has 0 aliphatic carbocycles. The molecule has 1 atom stereocenters. The summed E-state index contributed by atoms with van der Waals surface area (Å²) < 4.78 is 29.1. The number of piperidine rings is 1. The summed E-state index contributed by atoms with van der Waals surface area (Å²) in [5.74, 6) is -2.66. The third-order valence-corrected chi connectivity index (χ3v) is 7.59. The molecular weight excluding hydrogens is 486 g/mol. The second kappa shape index (κ2) is 10.3. The van der Waals surface area contributed by atoms with Crippen LogP contribution in [0, 0.1) is 19.8 Å². The van der Waals surface area contributed by atoms with Crippen LogP contribution in [0.1, 0.15) is 60.0 Å². The van der Waals surface area contributed by atoms with Gasteiger partial charge in [0.15, 0.2) is 0 Å². The standard InChI is InChI=1S/C27H33ClF2N4O2/c1-16-13-22(28)21(25(35)32-16)14-31-26(36)24-18(3)34(23-8-6-5-7-20(23)24)17(2)19-9-11-33(12-10-19)15-27(4,29)30/h5-8,13,17,19H,9-12,14-15H2,1-4H3,(H,31,36)(H,32,35)/t17-/m1/s1. The van der Waals surface area contributed by atoms with Crippen molar-refractivity contribution in [1.29, 1.82) is 0 Å². The summed E-state index contributed by atoms with van der Waals surface area (Å²) >= 11 is 6.25. The molecule has 1 aromatic carbocycles. The Bertz CT molecular complexity index is 1320. The highest BCUT2D eigenvalue weighted by atomic mass is 35.5. The number of carbonyl (C=O) groups excluding carboxylic acids is 1. The van der Waals surface area contributed by atoms with Crippen LogP contribution in [-0.4, -0.2) is 45.9 Å². The van der Waals surface area contributed by atoms with Crippen molar-refractivity contribution >= 4 is 28.4 Å². The van der Waals surface area contributed by atoms with Crippen molar-refractivity contribution in [3.05, 3.63) is 68.2 Å². The smallest absolute Gasteiger partial charge is 0.257 e. The Morgan fingerprint density at radius 2 is 1.92 bits per heavy atom. The third-order valence-electron chi connectivity index (χ3n) is 7.25. The lowest BCUT2D eigenvalue weighted by molar-refractivity contribution is -0.0239. The Hall–Kier alpha value is -2.71. The van der Waals surface area contributed by atoms with Gasteiger partial charge < -0.3 is 14.9 Å². The Balaban J connectivity index is 1.57. The largest absolute Gasteiger partial charge is 0.348 e. The van der Waals surface area contributed by atoms with E-state index in [1.807, 2.05) is 36.1 Å². The number of hydrogen-bond acceptors (Lipinski definition) is 3. The summed E-state index contributed by atoms with van der Waals surface area (Å²) in [4.78, 5) is 30.2. The van der Waals surface area contributed by atoms with E-state index >= 15 is 0 Å². The fourth-order valence-corrected chi connectivity index (χ4v) is 5.81. The molecule has 0 bridgehead atoms. The number of hydrogen-bond donors (Lipinski definition) is 2. The first-order valence-corrected chi connectivity index (χ1v) is 12.7. The van der Waals surface area contributed by atoms with Crippen LogP contribution in [0.3, 0.4) is 0 Å². The van der Waals surface area contributed by atoms with E-state index in [0.29, 0.717) is 40.9 Å². The topological polar surface area (TPSA) is 70.1 Å². The molecule has 3 aromatic rings. The number of aryl methyl sites for hydroxylation is 1. The van der Waals surface area contributed by atoms with E-state index in [-0.39, 0.29) is 30.6 Å². The molecule has 1 aliphatic rings. The van der Waals surface area contributed by atoms with Gasteiger partial charge in [-0.05, 0) is 64.8 Å². The molecule has 1 saturated heterocycles. The Kier molecular flexibility index (Phi) is 7.57. The molecule has 1 fully saturated rings. The number of aromatic amines is 1. The highest BCUT2D eigenvalue weighted by Crippen LogP contribution is 2.36. The lowest BCUT2D eigenvalue weighted by atomic mass is 9.89. The number of fused-ring (bicyclic) bond motifs is 1. The molecule has 3 heterocycles. The van der Waals surface area contributed by atoms with Gasteiger partial charge in [-0.3, -0.25) is 14.5 Å². The fraction of sp³-hybridized carbons (Fsp3) is 0.481. The summed E-state index contributed by atoms with van der Waals surface area (Å²) in [6.07, 6.45) is 1.64. The maximum Gasteiger partial charge on any atom is 0.257 e. The van der Waals surface area contributed by atoms with Gasteiger partial charge >= 0.3 is 0 Å². The number of nitrogens with one attached hydrogen (secondary N) is 2. The molecule has 2 N–H and O–H groups in total. The van der Waals surface area contributed by atoms with E-state index in [9.17, 15) is 18.4 Å². The Morgan fingerprint density at radius 3 is 2.56 bits per heavy atom. The maximum absolute atomic E-state index is 13.5. The summed E-state index contributed by atoms with van der Waals surface area (Å²) in [6.45, 7) is 7.86. The summed E-state index contributed by atoms with van der Waals surface area (Å²) in [6, 6.07) is 9.54. The van der Waals surface area contributed by atoms with Gasteiger partial charge in [0.1, 0.15) is 0 Å². The van der Waals surface area contributed by atoms with Gasteiger partial charge in [0.05, 0.1) is 29.2 Å². The lowest BCUT2D eigenvalue weighted by Crippen LogP contribution is -2.41.